The Morgan fingerprint density at radius 1 is 1.00 bits per heavy atom. The van der Waals surface area contributed by atoms with Crippen molar-refractivity contribution < 1.29 is 4.79 Å². The van der Waals surface area contributed by atoms with Crippen molar-refractivity contribution in [3.05, 3.63) is 48.5 Å². The Kier molecular flexibility index (Phi) is 10.3. The van der Waals surface area contributed by atoms with Crippen LogP contribution in [0.1, 0.15) is 12.1 Å². The molecule has 3 rings (SSSR count). The average molecular weight is 524 g/mol. The fraction of sp³-hybridized carbons (Fsp3) is 0.450. The number of guanidine groups is 1. The second kappa shape index (κ2) is 12.9. The molecule has 2 aromatic heterocycles. The lowest BCUT2D eigenvalue weighted by Gasteiger charge is -2.34. The number of amides is 1. The van der Waals surface area contributed by atoms with Crippen LogP contribution in [0.15, 0.2) is 47.8 Å². The third-order valence-electron chi connectivity index (χ3n) is 4.72. The highest BCUT2D eigenvalue weighted by Gasteiger charge is 2.22. The molecule has 162 valence electrons. The maximum Gasteiger partial charge on any atom is 0.225 e. The van der Waals surface area contributed by atoms with E-state index in [-0.39, 0.29) is 29.9 Å². The summed E-state index contributed by atoms with van der Waals surface area (Å²) in [6.45, 7) is 4.15. The second-order valence-electron chi connectivity index (χ2n) is 6.66. The SMILES string of the molecule is CN=C(NCCC(=O)N1CCN(c2ncccn2)CC1)NCCc1ccccn1.I. The van der Waals surface area contributed by atoms with Crippen LogP contribution in [-0.2, 0) is 11.2 Å². The zero-order chi connectivity index (χ0) is 20.3. The summed E-state index contributed by atoms with van der Waals surface area (Å²) < 4.78 is 0. The molecule has 2 N–H and O–H groups in total. The molecular weight excluding hydrogens is 495 g/mol. The first-order chi connectivity index (χ1) is 14.3. The Labute approximate surface area is 194 Å². The van der Waals surface area contributed by atoms with Crippen LogP contribution in [0.4, 0.5) is 5.95 Å². The number of anilines is 1. The maximum atomic E-state index is 12.5. The number of aliphatic imine (C=N–C) groups is 1. The molecule has 1 aliphatic rings. The number of piperazine rings is 1. The molecule has 1 saturated heterocycles. The van der Waals surface area contributed by atoms with Crippen molar-refractivity contribution in [2.24, 2.45) is 4.99 Å². The minimum Gasteiger partial charge on any atom is -0.356 e. The molecule has 30 heavy (non-hydrogen) atoms. The van der Waals surface area contributed by atoms with Crippen LogP contribution in [-0.4, -0.2) is 78.0 Å². The van der Waals surface area contributed by atoms with Gasteiger partial charge in [0.15, 0.2) is 5.96 Å². The smallest absolute Gasteiger partial charge is 0.225 e. The number of nitrogens with one attached hydrogen (secondary N) is 2. The number of carbonyl (C=O) groups is 1. The van der Waals surface area contributed by atoms with Crippen molar-refractivity contribution in [2.45, 2.75) is 12.8 Å². The number of aromatic nitrogens is 3. The van der Waals surface area contributed by atoms with Crippen molar-refractivity contribution in [2.75, 3.05) is 51.2 Å². The van der Waals surface area contributed by atoms with Crippen LogP contribution in [0.3, 0.4) is 0 Å². The van der Waals surface area contributed by atoms with E-state index < -0.39 is 0 Å². The fourth-order valence-corrected chi connectivity index (χ4v) is 3.13. The highest BCUT2D eigenvalue weighted by molar-refractivity contribution is 14.0. The van der Waals surface area contributed by atoms with E-state index in [9.17, 15) is 4.79 Å². The van der Waals surface area contributed by atoms with Crippen LogP contribution >= 0.6 is 24.0 Å². The van der Waals surface area contributed by atoms with Gasteiger partial charge in [0.2, 0.25) is 11.9 Å². The van der Waals surface area contributed by atoms with Crippen molar-refractivity contribution in [1.82, 2.24) is 30.5 Å². The fourth-order valence-electron chi connectivity index (χ4n) is 3.13. The van der Waals surface area contributed by atoms with E-state index in [0.29, 0.717) is 32.0 Å². The van der Waals surface area contributed by atoms with Gasteiger partial charge in [0.1, 0.15) is 0 Å². The van der Waals surface area contributed by atoms with Crippen molar-refractivity contribution in [3.8, 4) is 0 Å². The van der Waals surface area contributed by atoms with Crippen molar-refractivity contribution >= 4 is 41.8 Å². The third-order valence-corrected chi connectivity index (χ3v) is 4.72. The highest BCUT2D eigenvalue weighted by Crippen LogP contribution is 2.10. The lowest BCUT2D eigenvalue weighted by Crippen LogP contribution is -2.50. The van der Waals surface area contributed by atoms with Gasteiger partial charge in [0.25, 0.3) is 0 Å². The molecule has 10 heteroatoms. The lowest BCUT2D eigenvalue weighted by molar-refractivity contribution is -0.131. The lowest BCUT2D eigenvalue weighted by atomic mass is 10.2. The molecule has 0 radical (unpaired) electrons. The summed E-state index contributed by atoms with van der Waals surface area (Å²) >= 11 is 0. The zero-order valence-electron chi connectivity index (χ0n) is 17.2. The largest absolute Gasteiger partial charge is 0.356 e. The van der Waals surface area contributed by atoms with E-state index >= 15 is 0 Å². The molecule has 0 aromatic carbocycles. The quantitative estimate of drug-likeness (QED) is 0.316. The number of hydrogen-bond acceptors (Lipinski definition) is 6. The third kappa shape index (κ3) is 7.39. The summed E-state index contributed by atoms with van der Waals surface area (Å²) in [5.74, 6) is 1.57. The first kappa shape index (κ1) is 23.8. The van der Waals surface area contributed by atoms with E-state index in [4.69, 9.17) is 0 Å². The summed E-state index contributed by atoms with van der Waals surface area (Å²) in [5, 5.41) is 6.45. The molecule has 2 aromatic rings. The Morgan fingerprint density at radius 3 is 2.37 bits per heavy atom. The van der Waals surface area contributed by atoms with E-state index in [0.717, 1.165) is 37.7 Å². The number of nitrogens with zero attached hydrogens (tertiary/aromatic N) is 6. The van der Waals surface area contributed by atoms with Crippen LogP contribution in [0.2, 0.25) is 0 Å². The molecule has 9 nitrogen and oxygen atoms in total. The van der Waals surface area contributed by atoms with Gasteiger partial charge in [-0.1, -0.05) is 6.07 Å². The molecule has 0 spiro atoms. The molecule has 0 unspecified atom stereocenters. The van der Waals surface area contributed by atoms with Crippen LogP contribution < -0.4 is 15.5 Å². The van der Waals surface area contributed by atoms with Gasteiger partial charge < -0.3 is 20.4 Å². The minimum absolute atomic E-state index is 0. The second-order valence-corrected chi connectivity index (χ2v) is 6.66. The molecule has 3 heterocycles. The normalized spacial score (nSPS) is 14.1. The number of pyridine rings is 1. The van der Waals surface area contributed by atoms with E-state index in [1.807, 2.05) is 23.1 Å². The predicted molar refractivity (Wildman–Crippen MR) is 128 cm³/mol. The molecule has 0 aliphatic carbocycles. The summed E-state index contributed by atoms with van der Waals surface area (Å²) in [6, 6.07) is 7.69. The van der Waals surface area contributed by atoms with Gasteiger partial charge >= 0.3 is 0 Å². The Hall–Kier alpha value is -2.50. The number of halogens is 1. The van der Waals surface area contributed by atoms with Gasteiger partial charge in [-0.05, 0) is 18.2 Å². The van der Waals surface area contributed by atoms with Gasteiger partial charge in [0.05, 0.1) is 0 Å². The molecule has 1 fully saturated rings. The van der Waals surface area contributed by atoms with Gasteiger partial charge in [-0.25, -0.2) is 9.97 Å². The summed E-state index contributed by atoms with van der Waals surface area (Å²) in [6.07, 6.45) is 6.52. The van der Waals surface area contributed by atoms with Crippen molar-refractivity contribution in [3.63, 3.8) is 0 Å². The van der Waals surface area contributed by atoms with Crippen molar-refractivity contribution in [1.29, 1.82) is 0 Å². The first-order valence-electron chi connectivity index (χ1n) is 9.90. The molecule has 1 aliphatic heterocycles. The summed E-state index contributed by atoms with van der Waals surface area (Å²) in [7, 11) is 1.72. The number of hydrogen-bond donors (Lipinski definition) is 2. The Balaban J connectivity index is 0.00000320. The highest BCUT2D eigenvalue weighted by atomic mass is 127. The molecular formula is C20H29IN8O. The van der Waals surface area contributed by atoms with Gasteiger partial charge in [-0.15, -0.1) is 24.0 Å². The standard InChI is InChI=1S/C20H28N8O.HI/c1-21-19(23-11-6-17-5-2-3-8-22-17)24-12-7-18(29)27-13-15-28(16-14-27)20-25-9-4-10-26-20;/h2-5,8-10H,6-7,11-16H2,1H3,(H2,21,23,24);1H. The van der Waals surface area contributed by atoms with Crippen LogP contribution in [0.5, 0.6) is 0 Å². The molecule has 0 atom stereocenters. The Bertz CT molecular complexity index is 782. The van der Waals surface area contributed by atoms with Gasteiger partial charge in [-0.2, -0.15) is 0 Å². The summed E-state index contributed by atoms with van der Waals surface area (Å²) in [5.41, 5.74) is 1.03. The van der Waals surface area contributed by atoms with Gasteiger partial charge in [0, 0.05) is 83.4 Å². The average Bonchev–Trinajstić information content (AvgIpc) is 2.79. The predicted octanol–water partition coefficient (Wildman–Crippen LogP) is 0.936. The van der Waals surface area contributed by atoms with E-state index in [1.54, 1.807) is 31.7 Å². The monoisotopic (exact) mass is 524 g/mol. The summed E-state index contributed by atoms with van der Waals surface area (Å²) in [4.78, 5) is 33.5. The minimum atomic E-state index is 0. The first-order valence-corrected chi connectivity index (χ1v) is 9.90. The maximum absolute atomic E-state index is 12.5. The number of rotatable bonds is 7. The van der Waals surface area contributed by atoms with Crippen LogP contribution in [0.25, 0.3) is 0 Å². The molecule has 0 saturated carbocycles. The topological polar surface area (TPSA) is 98.6 Å². The van der Waals surface area contributed by atoms with E-state index in [2.05, 4.69) is 35.5 Å². The van der Waals surface area contributed by atoms with Gasteiger partial charge in [-0.3, -0.25) is 14.8 Å². The molecule has 1 amide bonds. The van der Waals surface area contributed by atoms with E-state index in [1.165, 1.54) is 0 Å². The molecule has 0 bridgehead atoms. The van der Waals surface area contributed by atoms with Crippen LogP contribution in [0, 0.1) is 0 Å². The Morgan fingerprint density at radius 2 is 1.70 bits per heavy atom. The zero-order valence-corrected chi connectivity index (χ0v) is 19.5. The number of carbonyl (C=O) groups excluding carboxylic acids is 1.